The van der Waals surface area contributed by atoms with Gasteiger partial charge in [0.05, 0.1) is 17.4 Å². The molecule has 0 unspecified atom stereocenters. The third kappa shape index (κ3) is 3.61. The molecule has 1 aliphatic rings. The first-order chi connectivity index (χ1) is 15.5. The maximum absolute atomic E-state index is 10.7. The smallest absolute Gasteiger partial charge is 0.174 e. The van der Waals surface area contributed by atoms with Crippen LogP contribution in [-0.4, -0.2) is 19.8 Å². The molecule has 2 N–H and O–H groups in total. The third-order valence-electron chi connectivity index (χ3n) is 5.69. The summed E-state index contributed by atoms with van der Waals surface area (Å²) in [4.78, 5) is 6.52. The topological polar surface area (TPSA) is 53.3 Å². The lowest BCUT2D eigenvalue weighted by atomic mass is 10.0. The lowest BCUT2D eigenvalue weighted by Crippen LogP contribution is -2.30. The van der Waals surface area contributed by atoms with Crippen molar-refractivity contribution in [1.82, 2.24) is 14.9 Å². The number of hydrogen-bond donors (Lipinski definition) is 2. The fraction of sp³-hybridized carbons (Fsp3) is 0.120. The van der Waals surface area contributed by atoms with Crippen LogP contribution in [-0.2, 0) is 0 Å². The Morgan fingerprint density at radius 3 is 2.59 bits per heavy atom. The lowest BCUT2D eigenvalue weighted by Gasteiger charge is -2.29. The Hall–Kier alpha value is -3.35. The second kappa shape index (κ2) is 8.30. The number of pyridine rings is 1. The van der Waals surface area contributed by atoms with Gasteiger partial charge in [-0.25, -0.2) is 0 Å². The molecule has 1 saturated heterocycles. The van der Waals surface area contributed by atoms with Crippen molar-refractivity contribution in [2.45, 2.75) is 19.0 Å². The van der Waals surface area contributed by atoms with Crippen LogP contribution in [0.15, 0.2) is 85.2 Å². The van der Waals surface area contributed by atoms with Crippen molar-refractivity contribution in [3.05, 3.63) is 107 Å². The van der Waals surface area contributed by atoms with Crippen LogP contribution < -0.4 is 10.2 Å². The Bertz CT molecular complexity index is 1270. The number of benzene rings is 2. The first-order valence-electron chi connectivity index (χ1n) is 10.3. The summed E-state index contributed by atoms with van der Waals surface area (Å²) < 4.78 is 2.14. The van der Waals surface area contributed by atoms with Gasteiger partial charge >= 0.3 is 0 Å². The molecular formula is C25H21ClN4OS. The summed E-state index contributed by atoms with van der Waals surface area (Å²) in [5.41, 5.74) is 4.67. The van der Waals surface area contributed by atoms with Crippen LogP contribution in [0.3, 0.4) is 0 Å². The molecule has 2 aromatic carbocycles. The van der Waals surface area contributed by atoms with E-state index in [1.165, 1.54) is 5.56 Å². The zero-order valence-electron chi connectivity index (χ0n) is 17.3. The number of aryl methyl sites for hydroxylation is 1. The van der Waals surface area contributed by atoms with Gasteiger partial charge in [0.25, 0.3) is 0 Å². The Balaban J connectivity index is 1.69. The molecule has 0 spiro atoms. The molecule has 1 aliphatic heterocycles. The minimum atomic E-state index is -0.266. The molecule has 0 bridgehead atoms. The van der Waals surface area contributed by atoms with Gasteiger partial charge in [-0.1, -0.05) is 35.4 Å². The average molecular weight is 461 g/mol. The van der Waals surface area contributed by atoms with Gasteiger partial charge in [0.15, 0.2) is 5.11 Å². The number of nitrogens with one attached hydrogen (secondary N) is 1. The highest BCUT2D eigenvalue weighted by Gasteiger charge is 2.43. The number of halogens is 1. The number of phenols is 1. The number of aromatic hydroxyl groups is 1. The maximum Gasteiger partial charge on any atom is 0.174 e. The number of thiocarbonyl (C=S) groups is 1. The molecular weight excluding hydrogens is 440 g/mol. The third-order valence-corrected chi connectivity index (χ3v) is 6.24. The minimum absolute atomic E-state index is 0.110. The van der Waals surface area contributed by atoms with Crippen LogP contribution in [0.5, 0.6) is 5.75 Å². The van der Waals surface area contributed by atoms with Crippen molar-refractivity contribution in [3.63, 3.8) is 0 Å². The molecule has 0 aliphatic carbocycles. The van der Waals surface area contributed by atoms with Crippen molar-refractivity contribution in [2.24, 2.45) is 0 Å². The van der Waals surface area contributed by atoms with Crippen LogP contribution in [0.4, 0.5) is 5.69 Å². The monoisotopic (exact) mass is 460 g/mol. The summed E-state index contributed by atoms with van der Waals surface area (Å²) in [5.74, 6) is 0.110. The van der Waals surface area contributed by atoms with Crippen LogP contribution in [0.25, 0.3) is 5.69 Å². The van der Waals surface area contributed by atoms with Crippen molar-refractivity contribution in [1.29, 1.82) is 0 Å². The molecule has 1 fully saturated rings. The number of nitrogens with zero attached hydrogens (tertiary/aromatic N) is 3. The fourth-order valence-electron chi connectivity index (χ4n) is 4.18. The highest BCUT2D eigenvalue weighted by Crippen LogP contribution is 2.45. The molecule has 7 heteroatoms. The number of anilines is 1. The van der Waals surface area contributed by atoms with Crippen molar-refractivity contribution in [3.8, 4) is 11.4 Å². The summed E-state index contributed by atoms with van der Waals surface area (Å²) in [5, 5.41) is 15.1. The number of phenolic OH excluding ortho intramolecular Hbond substituents is 1. The van der Waals surface area contributed by atoms with Gasteiger partial charge in [-0.2, -0.15) is 0 Å². The first kappa shape index (κ1) is 20.5. The van der Waals surface area contributed by atoms with Gasteiger partial charge in [0.2, 0.25) is 0 Å². The highest BCUT2D eigenvalue weighted by molar-refractivity contribution is 7.80. The van der Waals surface area contributed by atoms with Crippen LogP contribution >= 0.6 is 23.8 Å². The normalized spacial score (nSPS) is 18.1. The Morgan fingerprint density at radius 2 is 1.84 bits per heavy atom. The highest BCUT2D eigenvalue weighted by atomic mass is 35.5. The van der Waals surface area contributed by atoms with Crippen molar-refractivity contribution in [2.75, 3.05) is 4.90 Å². The predicted molar refractivity (Wildman–Crippen MR) is 132 cm³/mol. The quantitative estimate of drug-likeness (QED) is 0.381. The predicted octanol–water partition coefficient (Wildman–Crippen LogP) is 5.72. The second-order valence-electron chi connectivity index (χ2n) is 7.77. The Labute approximate surface area is 196 Å². The summed E-state index contributed by atoms with van der Waals surface area (Å²) >= 11 is 12.0. The van der Waals surface area contributed by atoms with Gasteiger partial charge in [0, 0.05) is 28.8 Å². The van der Waals surface area contributed by atoms with E-state index < -0.39 is 0 Å². The molecule has 0 amide bonds. The molecule has 32 heavy (non-hydrogen) atoms. The van der Waals surface area contributed by atoms with E-state index in [1.54, 1.807) is 24.4 Å². The molecule has 2 aromatic heterocycles. The van der Waals surface area contributed by atoms with Crippen LogP contribution in [0.2, 0.25) is 5.02 Å². The molecule has 5 rings (SSSR count). The number of aromatic nitrogens is 2. The summed E-state index contributed by atoms with van der Waals surface area (Å²) in [7, 11) is 0. The Kier molecular flexibility index (Phi) is 5.33. The molecule has 160 valence electrons. The molecule has 2 atom stereocenters. The van der Waals surface area contributed by atoms with E-state index in [4.69, 9.17) is 23.8 Å². The lowest BCUT2D eigenvalue weighted by molar-refractivity contribution is 0.472. The molecule has 0 radical (unpaired) electrons. The number of hydrogen-bond acceptors (Lipinski definition) is 3. The minimum Gasteiger partial charge on any atom is -0.506 e. The molecule has 0 saturated carbocycles. The first-order valence-corrected chi connectivity index (χ1v) is 11.0. The summed E-state index contributed by atoms with van der Waals surface area (Å²) in [6.07, 6.45) is 3.81. The summed E-state index contributed by atoms with van der Waals surface area (Å²) in [6, 6.07) is 22.8. The van der Waals surface area contributed by atoms with E-state index >= 15 is 0 Å². The fourth-order valence-corrected chi connectivity index (χ4v) is 4.69. The number of rotatable bonds is 4. The maximum atomic E-state index is 10.7. The van der Waals surface area contributed by atoms with E-state index in [1.807, 2.05) is 35.4 Å². The van der Waals surface area contributed by atoms with Crippen LogP contribution in [0.1, 0.15) is 29.0 Å². The standard InChI is InChI=1S/C25H21ClN4OS/c1-16-7-10-18(11-8-16)29-14-4-6-20(29)24-23(19-5-2-3-13-27-19)28-25(32)30(24)21-15-17(26)9-12-22(21)31/h2-15,23-24,31H,1H3,(H,28,32)/t23-,24-/m1/s1. The van der Waals surface area contributed by atoms with E-state index in [0.717, 1.165) is 17.1 Å². The second-order valence-corrected chi connectivity index (χ2v) is 8.59. The van der Waals surface area contributed by atoms with E-state index in [-0.39, 0.29) is 17.8 Å². The van der Waals surface area contributed by atoms with Gasteiger partial charge in [-0.15, -0.1) is 0 Å². The van der Waals surface area contributed by atoms with E-state index in [0.29, 0.717) is 15.8 Å². The largest absolute Gasteiger partial charge is 0.506 e. The molecule has 5 nitrogen and oxygen atoms in total. The van der Waals surface area contributed by atoms with Gasteiger partial charge < -0.3 is 19.9 Å². The molecule has 3 heterocycles. The van der Waals surface area contributed by atoms with Gasteiger partial charge in [0.1, 0.15) is 11.8 Å². The summed E-state index contributed by atoms with van der Waals surface area (Å²) in [6.45, 7) is 2.07. The van der Waals surface area contributed by atoms with E-state index in [9.17, 15) is 5.11 Å². The molecule has 4 aromatic rings. The van der Waals surface area contributed by atoms with Crippen molar-refractivity contribution >= 4 is 34.6 Å². The van der Waals surface area contributed by atoms with Crippen molar-refractivity contribution < 1.29 is 5.11 Å². The van der Waals surface area contributed by atoms with E-state index in [2.05, 4.69) is 52.1 Å². The zero-order valence-corrected chi connectivity index (χ0v) is 18.9. The van der Waals surface area contributed by atoms with Gasteiger partial charge in [-0.3, -0.25) is 4.98 Å². The van der Waals surface area contributed by atoms with Crippen LogP contribution in [0, 0.1) is 6.92 Å². The Morgan fingerprint density at radius 1 is 1.03 bits per heavy atom. The average Bonchev–Trinajstić information content (AvgIpc) is 3.41. The zero-order chi connectivity index (χ0) is 22.2. The van der Waals surface area contributed by atoms with Gasteiger partial charge in [-0.05, 0) is 73.7 Å². The SMILES string of the molecule is Cc1ccc(-n2cccc2[C@@H]2[C@@H](c3ccccn3)NC(=S)N2c2cc(Cl)ccc2O)cc1.